The zero-order valence-corrected chi connectivity index (χ0v) is 11.1. The van der Waals surface area contributed by atoms with E-state index in [1.807, 2.05) is 0 Å². The smallest absolute Gasteiger partial charge is 0.335 e. The Kier molecular flexibility index (Phi) is 5.35. The lowest BCUT2D eigenvalue weighted by Crippen LogP contribution is -2.25. The molecule has 3 N–H and O–H groups in total. The second-order valence-corrected chi connectivity index (χ2v) is 4.08. The average Bonchev–Trinajstić information content (AvgIpc) is 2.38. The number of nitro benzene ring substituents is 1. The summed E-state index contributed by atoms with van der Waals surface area (Å²) >= 11 is 0. The second-order valence-electron chi connectivity index (χ2n) is 4.08. The van der Waals surface area contributed by atoms with E-state index in [-0.39, 0.29) is 30.1 Å². The molecule has 2 amide bonds. The molecule has 0 radical (unpaired) electrons. The van der Waals surface area contributed by atoms with Crippen LogP contribution in [0.1, 0.15) is 23.7 Å². The fourth-order valence-electron chi connectivity index (χ4n) is 1.49. The van der Waals surface area contributed by atoms with Gasteiger partial charge in [-0.15, -0.1) is 0 Å². The van der Waals surface area contributed by atoms with E-state index in [1.165, 1.54) is 6.92 Å². The third kappa shape index (κ3) is 4.90. The van der Waals surface area contributed by atoms with Crippen LogP contribution in [0.5, 0.6) is 0 Å². The van der Waals surface area contributed by atoms with Gasteiger partial charge in [-0.1, -0.05) is 0 Å². The van der Waals surface area contributed by atoms with E-state index in [2.05, 4.69) is 10.6 Å². The van der Waals surface area contributed by atoms with E-state index in [1.54, 1.807) is 0 Å². The van der Waals surface area contributed by atoms with Gasteiger partial charge in [0.1, 0.15) is 5.69 Å². The average molecular weight is 295 g/mol. The number of nitro groups is 1. The van der Waals surface area contributed by atoms with E-state index in [4.69, 9.17) is 5.11 Å². The molecule has 0 aliphatic heterocycles. The summed E-state index contributed by atoms with van der Waals surface area (Å²) in [5, 5.41) is 24.4. The molecule has 0 saturated heterocycles. The number of hydrogen-bond acceptors (Lipinski definition) is 5. The van der Waals surface area contributed by atoms with Gasteiger partial charge >= 0.3 is 5.97 Å². The Hall–Kier alpha value is -2.97. The zero-order chi connectivity index (χ0) is 16.0. The SMILES string of the molecule is CC(=O)NCCC(=O)Nc1ccc(C(=O)O)cc1[N+](=O)[O-]. The summed E-state index contributed by atoms with van der Waals surface area (Å²) < 4.78 is 0. The van der Waals surface area contributed by atoms with Gasteiger partial charge in [0.15, 0.2) is 0 Å². The van der Waals surface area contributed by atoms with Crippen molar-refractivity contribution in [3.05, 3.63) is 33.9 Å². The van der Waals surface area contributed by atoms with Gasteiger partial charge in [0.25, 0.3) is 5.69 Å². The van der Waals surface area contributed by atoms with Crippen LogP contribution in [0, 0.1) is 10.1 Å². The summed E-state index contributed by atoms with van der Waals surface area (Å²) in [4.78, 5) is 43.1. The number of carboxylic acid groups (broad SMARTS) is 1. The highest BCUT2D eigenvalue weighted by Crippen LogP contribution is 2.25. The topological polar surface area (TPSA) is 139 Å². The number of nitrogens with one attached hydrogen (secondary N) is 2. The number of benzene rings is 1. The molecule has 0 heterocycles. The Morgan fingerprint density at radius 2 is 2.00 bits per heavy atom. The van der Waals surface area contributed by atoms with E-state index in [0.717, 1.165) is 18.2 Å². The van der Waals surface area contributed by atoms with Crippen LogP contribution < -0.4 is 10.6 Å². The van der Waals surface area contributed by atoms with E-state index >= 15 is 0 Å². The summed E-state index contributed by atoms with van der Waals surface area (Å²) in [6, 6.07) is 3.17. The lowest BCUT2D eigenvalue weighted by molar-refractivity contribution is -0.384. The minimum Gasteiger partial charge on any atom is -0.478 e. The van der Waals surface area contributed by atoms with Gasteiger partial charge in [-0.25, -0.2) is 4.79 Å². The molecule has 1 rings (SSSR count). The quantitative estimate of drug-likeness (QED) is 0.523. The Balaban J connectivity index is 2.82. The first-order valence-electron chi connectivity index (χ1n) is 5.87. The maximum atomic E-state index is 11.6. The molecule has 112 valence electrons. The Labute approximate surface area is 119 Å². The van der Waals surface area contributed by atoms with Crippen molar-refractivity contribution in [1.29, 1.82) is 0 Å². The number of carbonyl (C=O) groups is 3. The van der Waals surface area contributed by atoms with E-state index in [9.17, 15) is 24.5 Å². The van der Waals surface area contributed by atoms with Crippen LogP contribution in [-0.2, 0) is 9.59 Å². The molecular weight excluding hydrogens is 282 g/mol. The second kappa shape index (κ2) is 6.98. The molecule has 1 aromatic rings. The third-order valence-electron chi connectivity index (χ3n) is 2.44. The maximum absolute atomic E-state index is 11.6. The molecule has 0 aliphatic carbocycles. The summed E-state index contributed by atoms with van der Waals surface area (Å²) in [5.74, 6) is -2.13. The van der Waals surface area contributed by atoms with Crippen molar-refractivity contribution in [2.45, 2.75) is 13.3 Å². The van der Waals surface area contributed by atoms with Gasteiger partial charge in [0, 0.05) is 26.0 Å². The molecule has 0 atom stereocenters. The number of carbonyl (C=O) groups excluding carboxylic acids is 2. The molecule has 1 aromatic carbocycles. The van der Waals surface area contributed by atoms with Gasteiger partial charge in [-0.3, -0.25) is 19.7 Å². The van der Waals surface area contributed by atoms with E-state index in [0.29, 0.717) is 0 Å². The minimum absolute atomic E-state index is 0.0581. The molecule has 0 aliphatic rings. The largest absolute Gasteiger partial charge is 0.478 e. The number of aromatic carboxylic acids is 1. The van der Waals surface area contributed by atoms with Crippen molar-refractivity contribution in [2.24, 2.45) is 0 Å². The van der Waals surface area contributed by atoms with Crippen LogP contribution in [0.3, 0.4) is 0 Å². The Morgan fingerprint density at radius 1 is 1.33 bits per heavy atom. The van der Waals surface area contributed by atoms with Gasteiger partial charge < -0.3 is 15.7 Å². The number of nitrogens with zero attached hydrogens (tertiary/aromatic N) is 1. The van der Waals surface area contributed by atoms with Gasteiger partial charge in [-0.05, 0) is 12.1 Å². The van der Waals surface area contributed by atoms with Gasteiger partial charge in [0.05, 0.1) is 10.5 Å². The Bertz CT molecular complexity index is 599. The molecule has 9 heteroatoms. The molecule has 0 unspecified atom stereocenters. The summed E-state index contributed by atoms with van der Waals surface area (Å²) in [6.07, 6.45) is -0.0581. The molecule has 0 saturated carbocycles. The molecule has 0 bridgehead atoms. The van der Waals surface area contributed by atoms with Crippen molar-refractivity contribution < 1.29 is 24.4 Å². The van der Waals surface area contributed by atoms with Crippen LogP contribution in [0.2, 0.25) is 0 Å². The minimum atomic E-state index is -1.30. The fraction of sp³-hybridized carbons (Fsp3) is 0.250. The van der Waals surface area contributed by atoms with Crippen molar-refractivity contribution in [3.63, 3.8) is 0 Å². The van der Waals surface area contributed by atoms with Crippen molar-refractivity contribution in [3.8, 4) is 0 Å². The highest BCUT2D eigenvalue weighted by atomic mass is 16.6. The normalized spacial score (nSPS) is 9.76. The number of carboxylic acids is 1. The highest BCUT2D eigenvalue weighted by molar-refractivity contribution is 5.95. The lowest BCUT2D eigenvalue weighted by atomic mass is 10.1. The first kappa shape index (κ1) is 16.1. The van der Waals surface area contributed by atoms with Crippen LogP contribution in [0.15, 0.2) is 18.2 Å². The zero-order valence-electron chi connectivity index (χ0n) is 11.1. The van der Waals surface area contributed by atoms with Crippen molar-refractivity contribution in [1.82, 2.24) is 5.32 Å². The van der Waals surface area contributed by atoms with Gasteiger partial charge in [-0.2, -0.15) is 0 Å². The number of hydrogen-bond donors (Lipinski definition) is 3. The molecule has 0 aromatic heterocycles. The van der Waals surface area contributed by atoms with E-state index < -0.39 is 22.5 Å². The standard InChI is InChI=1S/C12H13N3O6/c1-7(16)13-5-4-11(17)14-9-3-2-8(12(18)19)6-10(9)15(20)21/h2-3,6H,4-5H2,1H3,(H,13,16)(H,14,17)(H,18,19). The van der Waals surface area contributed by atoms with Crippen LogP contribution in [-0.4, -0.2) is 34.4 Å². The maximum Gasteiger partial charge on any atom is 0.335 e. The van der Waals surface area contributed by atoms with Crippen molar-refractivity contribution in [2.75, 3.05) is 11.9 Å². The highest BCUT2D eigenvalue weighted by Gasteiger charge is 2.18. The number of anilines is 1. The fourth-order valence-corrected chi connectivity index (χ4v) is 1.49. The first-order chi connectivity index (χ1) is 9.81. The van der Waals surface area contributed by atoms with Gasteiger partial charge in [0.2, 0.25) is 11.8 Å². The summed E-state index contributed by atoms with van der Waals surface area (Å²) in [5.41, 5.74) is -0.862. The molecule has 0 fully saturated rings. The predicted octanol–water partition coefficient (Wildman–Crippen LogP) is 0.758. The first-order valence-corrected chi connectivity index (χ1v) is 5.87. The number of amides is 2. The molecule has 21 heavy (non-hydrogen) atoms. The predicted molar refractivity (Wildman–Crippen MR) is 72.0 cm³/mol. The monoisotopic (exact) mass is 295 g/mol. The summed E-state index contributed by atoms with van der Waals surface area (Å²) in [6.45, 7) is 1.40. The molecule has 9 nitrogen and oxygen atoms in total. The van der Waals surface area contributed by atoms with Crippen LogP contribution >= 0.6 is 0 Å². The van der Waals surface area contributed by atoms with Crippen molar-refractivity contribution >= 4 is 29.2 Å². The molecule has 0 spiro atoms. The lowest BCUT2D eigenvalue weighted by Gasteiger charge is -2.07. The Morgan fingerprint density at radius 3 is 2.52 bits per heavy atom. The molecular formula is C12H13N3O6. The van der Waals surface area contributed by atoms with Crippen LogP contribution in [0.4, 0.5) is 11.4 Å². The summed E-state index contributed by atoms with van der Waals surface area (Å²) in [7, 11) is 0. The van der Waals surface area contributed by atoms with Crippen LogP contribution in [0.25, 0.3) is 0 Å². The third-order valence-corrected chi connectivity index (χ3v) is 2.44. The number of rotatable bonds is 6.